The minimum atomic E-state index is -0.0233. The number of aryl methyl sites for hydroxylation is 2. The number of benzene rings is 2. The molecule has 0 radical (unpaired) electrons. The lowest BCUT2D eigenvalue weighted by atomic mass is 10.2. The molecule has 1 heterocycles. The molecule has 27 heavy (non-hydrogen) atoms. The highest BCUT2D eigenvalue weighted by molar-refractivity contribution is 7.99. The van der Waals surface area contributed by atoms with Gasteiger partial charge in [-0.25, -0.2) is 0 Å². The third-order valence-corrected chi connectivity index (χ3v) is 6.85. The number of hydrogen-bond acceptors (Lipinski definition) is 4. The summed E-state index contributed by atoms with van der Waals surface area (Å²) in [6, 6.07) is 16.7. The summed E-state index contributed by atoms with van der Waals surface area (Å²) >= 11 is 5.21. The van der Waals surface area contributed by atoms with E-state index in [1.807, 2.05) is 30.0 Å². The topological polar surface area (TPSA) is 34.4 Å². The highest BCUT2D eigenvalue weighted by atomic mass is 32.2. The molecule has 3 rings (SSSR count). The second kappa shape index (κ2) is 10.2. The Kier molecular flexibility index (Phi) is 7.61. The fourth-order valence-corrected chi connectivity index (χ4v) is 5.17. The molecule has 0 aliphatic heterocycles. The smallest absolute Gasteiger partial charge is 0.248 e. The van der Waals surface area contributed by atoms with E-state index in [9.17, 15) is 4.79 Å². The number of fused-ring (bicyclic) bond motifs is 1. The normalized spacial score (nSPS) is 12.0. The second-order valence-electron chi connectivity index (χ2n) is 6.27. The van der Waals surface area contributed by atoms with Crippen molar-refractivity contribution < 1.29 is 4.79 Å². The molecule has 1 aromatic heterocycles. The van der Waals surface area contributed by atoms with Gasteiger partial charge >= 0.3 is 0 Å². The van der Waals surface area contributed by atoms with Crippen molar-refractivity contribution >= 4 is 51.0 Å². The first-order chi connectivity index (χ1) is 13.2. The van der Waals surface area contributed by atoms with Crippen LogP contribution in [-0.4, -0.2) is 28.2 Å². The number of rotatable bonds is 8. The van der Waals surface area contributed by atoms with Crippen LogP contribution < -0.4 is 4.80 Å². The molecule has 0 bridgehead atoms. The molecule has 0 unspecified atom stereocenters. The standard InChI is InChI=1S/C21H24N2OS3/c1-16-10-11-18-19(15-16)27-21(23(18)12-14-25-2)22-20(24)9-6-13-26-17-7-4-3-5-8-17/h3-5,7-8,10-11,15H,6,9,12-14H2,1-2H3. The first-order valence-electron chi connectivity index (χ1n) is 9.02. The van der Waals surface area contributed by atoms with Crippen molar-refractivity contribution in [1.82, 2.24) is 4.57 Å². The Bertz CT molecular complexity index is 960. The highest BCUT2D eigenvalue weighted by Gasteiger charge is 2.08. The molecule has 0 aliphatic carbocycles. The van der Waals surface area contributed by atoms with E-state index in [1.54, 1.807) is 23.1 Å². The van der Waals surface area contributed by atoms with Crippen LogP contribution in [0.25, 0.3) is 10.2 Å². The van der Waals surface area contributed by atoms with Gasteiger partial charge in [0.2, 0.25) is 5.91 Å². The van der Waals surface area contributed by atoms with Crippen molar-refractivity contribution in [2.24, 2.45) is 4.99 Å². The van der Waals surface area contributed by atoms with Crippen LogP contribution >= 0.6 is 34.9 Å². The van der Waals surface area contributed by atoms with Crippen LogP contribution in [0.5, 0.6) is 0 Å². The van der Waals surface area contributed by atoms with Crippen LogP contribution in [0.15, 0.2) is 58.4 Å². The fourth-order valence-electron chi connectivity index (χ4n) is 2.76. The van der Waals surface area contributed by atoms with E-state index >= 15 is 0 Å². The Labute approximate surface area is 172 Å². The summed E-state index contributed by atoms with van der Waals surface area (Å²) in [5, 5.41) is 0. The highest BCUT2D eigenvalue weighted by Crippen LogP contribution is 2.20. The molecule has 3 nitrogen and oxygen atoms in total. The average molecular weight is 417 g/mol. The van der Waals surface area contributed by atoms with Gasteiger partial charge in [-0.3, -0.25) is 4.79 Å². The van der Waals surface area contributed by atoms with E-state index in [4.69, 9.17) is 0 Å². The summed E-state index contributed by atoms with van der Waals surface area (Å²) in [5.41, 5.74) is 2.41. The van der Waals surface area contributed by atoms with Crippen molar-refractivity contribution in [3.63, 3.8) is 0 Å². The zero-order chi connectivity index (χ0) is 19.1. The predicted octanol–water partition coefficient (Wildman–Crippen LogP) is 5.37. The van der Waals surface area contributed by atoms with Gasteiger partial charge in [0.05, 0.1) is 10.2 Å². The number of thiazole rings is 1. The number of hydrogen-bond donors (Lipinski definition) is 0. The lowest BCUT2D eigenvalue weighted by Crippen LogP contribution is -2.18. The minimum absolute atomic E-state index is 0.0233. The molecule has 0 saturated carbocycles. The van der Waals surface area contributed by atoms with E-state index in [-0.39, 0.29) is 5.91 Å². The van der Waals surface area contributed by atoms with Crippen LogP contribution in [-0.2, 0) is 11.3 Å². The van der Waals surface area contributed by atoms with E-state index in [2.05, 4.69) is 53.1 Å². The van der Waals surface area contributed by atoms with E-state index < -0.39 is 0 Å². The van der Waals surface area contributed by atoms with E-state index in [0.717, 1.165) is 29.3 Å². The SMILES string of the molecule is CSCCn1c(=NC(=O)CCCSc2ccccc2)sc2cc(C)ccc21. The molecular formula is C21H24N2OS3. The largest absolute Gasteiger partial charge is 0.316 e. The maximum Gasteiger partial charge on any atom is 0.248 e. The zero-order valence-electron chi connectivity index (χ0n) is 15.7. The Morgan fingerprint density at radius 1 is 1.15 bits per heavy atom. The van der Waals surface area contributed by atoms with Crippen LogP contribution in [0.3, 0.4) is 0 Å². The van der Waals surface area contributed by atoms with Gasteiger partial charge in [0.15, 0.2) is 4.80 Å². The molecule has 3 aromatic rings. The van der Waals surface area contributed by atoms with E-state index in [1.165, 1.54) is 20.7 Å². The molecular weight excluding hydrogens is 392 g/mol. The van der Waals surface area contributed by atoms with Gasteiger partial charge in [-0.05, 0) is 55.2 Å². The Balaban J connectivity index is 1.69. The van der Waals surface area contributed by atoms with Crippen molar-refractivity contribution in [2.45, 2.75) is 31.2 Å². The molecule has 0 N–H and O–H groups in total. The lowest BCUT2D eigenvalue weighted by molar-refractivity contribution is -0.118. The van der Waals surface area contributed by atoms with Crippen molar-refractivity contribution in [3.8, 4) is 0 Å². The van der Waals surface area contributed by atoms with Gasteiger partial charge in [0, 0.05) is 23.6 Å². The molecule has 0 aliphatic rings. The summed E-state index contributed by atoms with van der Waals surface area (Å²) in [4.78, 5) is 18.9. The predicted molar refractivity (Wildman–Crippen MR) is 120 cm³/mol. The Morgan fingerprint density at radius 3 is 2.74 bits per heavy atom. The summed E-state index contributed by atoms with van der Waals surface area (Å²) < 4.78 is 3.38. The van der Waals surface area contributed by atoms with Gasteiger partial charge in [0.25, 0.3) is 0 Å². The maximum atomic E-state index is 12.4. The summed E-state index contributed by atoms with van der Waals surface area (Å²) in [5.74, 6) is 1.92. The zero-order valence-corrected chi connectivity index (χ0v) is 18.1. The Hall–Kier alpha value is -1.50. The van der Waals surface area contributed by atoms with Gasteiger partial charge in [-0.1, -0.05) is 35.6 Å². The number of thioether (sulfide) groups is 2. The molecule has 0 fully saturated rings. The first kappa shape index (κ1) is 20.2. The number of nitrogens with zero attached hydrogens (tertiary/aromatic N) is 2. The van der Waals surface area contributed by atoms with Crippen LogP contribution in [0.4, 0.5) is 0 Å². The van der Waals surface area contributed by atoms with Crippen molar-refractivity contribution in [1.29, 1.82) is 0 Å². The van der Waals surface area contributed by atoms with Gasteiger partial charge in [0.1, 0.15) is 0 Å². The van der Waals surface area contributed by atoms with Crippen LogP contribution in [0.2, 0.25) is 0 Å². The first-order valence-corrected chi connectivity index (χ1v) is 12.2. The molecule has 142 valence electrons. The van der Waals surface area contributed by atoms with Gasteiger partial charge in [-0.15, -0.1) is 11.8 Å². The van der Waals surface area contributed by atoms with Crippen LogP contribution in [0, 0.1) is 6.92 Å². The summed E-state index contributed by atoms with van der Waals surface area (Å²) in [6.45, 7) is 2.97. The number of carbonyl (C=O) groups is 1. The van der Waals surface area contributed by atoms with Gasteiger partial charge < -0.3 is 4.57 Å². The van der Waals surface area contributed by atoms with Crippen molar-refractivity contribution in [2.75, 3.05) is 17.8 Å². The maximum absolute atomic E-state index is 12.4. The molecule has 0 saturated heterocycles. The van der Waals surface area contributed by atoms with Crippen molar-refractivity contribution in [3.05, 3.63) is 58.9 Å². The molecule has 0 atom stereocenters. The third-order valence-electron chi connectivity index (χ3n) is 4.12. The monoisotopic (exact) mass is 416 g/mol. The second-order valence-corrected chi connectivity index (χ2v) is 9.43. The quantitative estimate of drug-likeness (QED) is 0.365. The third kappa shape index (κ3) is 5.74. The summed E-state index contributed by atoms with van der Waals surface area (Å²) in [7, 11) is 0. The molecule has 6 heteroatoms. The van der Waals surface area contributed by atoms with E-state index in [0.29, 0.717) is 6.42 Å². The molecule has 0 spiro atoms. The van der Waals surface area contributed by atoms with Crippen LogP contribution in [0.1, 0.15) is 18.4 Å². The lowest BCUT2D eigenvalue weighted by Gasteiger charge is -2.04. The number of amides is 1. The fraction of sp³-hybridized carbons (Fsp3) is 0.333. The number of aromatic nitrogens is 1. The minimum Gasteiger partial charge on any atom is -0.316 e. The van der Waals surface area contributed by atoms with Gasteiger partial charge in [-0.2, -0.15) is 16.8 Å². The molecule has 2 aromatic carbocycles. The average Bonchev–Trinajstić information content (AvgIpc) is 3.00. The Morgan fingerprint density at radius 2 is 1.96 bits per heavy atom. The summed E-state index contributed by atoms with van der Waals surface area (Å²) in [6.07, 6.45) is 3.44. The molecule has 1 amide bonds. The number of carbonyl (C=O) groups excluding carboxylic acids is 1.